The molecule has 10 heavy (non-hydrogen) atoms. The van der Waals surface area contributed by atoms with E-state index in [-0.39, 0.29) is 0 Å². The second-order valence-electron chi connectivity index (χ2n) is 1.89. The lowest BCUT2D eigenvalue weighted by atomic mass is 10.3. The van der Waals surface area contributed by atoms with E-state index in [4.69, 9.17) is 19.3 Å². The highest BCUT2D eigenvalue weighted by Crippen LogP contribution is 2.16. The number of aliphatic hydroxyl groups is 1. The fourth-order valence-corrected chi connectivity index (χ4v) is 0.762. The van der Waals surface area contributed by atoms with Crippen molar-refractivity contribution in [2.45, 2.75) is 19.0 Å². The molecule has 0 heterocycles. The van der Waals surface area contributed by atoms with Gasteiger partial charge in [0.2, 0.25) is 0 Å². The molecular formula is C6H14O4. The molecule has 0 aliphatic heterocycles. The van der Waals surface area contributed by atoms with Crippen LogP contribution in [0, 0.1) is 0 Å². The van der Waals surface area contributed by atoms with Gasteiger partial charge in [-0.15, -0.1) is 0 Å². The summed E-state index contributed by atoms with van der Waals surface area (Å²) in [6.07, 6.45) is -0.826. The number of hydrogen-bond donors (Lipinski definition) is 1. The Morgan fingerprint density at radius 1 is 1.10 bits per heavy atom. The molecule has 0 aromatic carbocycles. The minimum atomic E-state index is -1.32. The first-order valence-electron chi connectivity index (χ1n) is 2.96. The van der Waals surface area contributed by atoms with Crippen LogP contribution in [0.3, 0.4) is 0 Å². The van der Waals surface area contributed by atoms with E-state index in [1.165, 1.54) is 28.3 Å². The summed E-state index contributed by atoms with van der Waals surface area (Å²) in [6.45, 7) is 1.52. The van der Waals surface area contributed by atoms with Crippen molar-refractivity contribution >= 4 is 0 Å². The van der Waals surface area contributed by atoms with Crippen molar-refractivity contribution < 1.29 is 19.3 Å². The number of rotatable bonds is 4. The maximum Gasteiger partial charge on any atom is 0.309 e. The minimum Gasteiger partial charge on any atom is -0.385 e. The SMILES string of the molecule is COC(OC)(OC)C(C)O. The monoisotopic (exact) mass is 150 g/mol. The number of aliphatic hydroxyl groups excluding tert-OH is 1. The summed E-state index contributed by atoms with van der Waals surface area (Å²) in [6, 6.07) is 0. The van der Waals surface area contributed by atoms with Gasteiger partial charge < -0.3 is 19.3 Å². The van der Waals surface area contributed by atoms with E-state index in [1.807, 2.05) is 0 Å². The van der Waals surface area contributed by atoms with Crippen LogP contribution in [0.15, 0.2) is 0 Å². The molecule has 1 unspecified atom stereocenters. The molecule has 0 aromatic heterocycles. The molecule has 0 saturated carbocycles. The molecule has 62 valence electrons. The highest BCUT2D eigenvalue weighted by atomic mass is 16.9. The smallest absolute Gasteiger partial charge is 0.309 e. The van der Waals surface area contributed by atoms with E-state index >= 15 is 0 Å². The van der Waals surface area contributed by atoms with Crippen LogP contribution < -0.4 is 0 Å². The highest BCUT2D eigenvalue weighted by Gasteiger charge is 2.35. The summed E-state index contributed by atoms with van der Waals surface area (Å²) in [5.41, 5.74) is 0. The molecule has 0 radical (unpaired) electrons. The number of ether oxygens (including phenoxy) is 3. The Hall–Kier alpha value is -0.160. The Balaban J connectivity index is 4.15. The third kappa shape index (κ3) is 1.67. The van der Waals surface area contributed by atoms with Gasteiger partial charge in [0, 0.05) is 21.3 Å². The minimum absolute atomic E-state index is 0.826. The molecule has 4 nitrogen and oxygen atoms in total. The molecule has 1 N–H and O–H groups in total. The van der Waals surface area contributed by atoms with E-state index in [0.717, 1.165) is 0 Å². The standard InChI is InChI=1S/C6H14O4/c1-5(7)6(8-2,9-3)10-4/h5,7H,1-4H3. The summed E-state index contributed by atoms with van der Waals surface area (Å²) in [5, 5.41) is 9.09. The predicted molar refractivity (Wildman–Crippen MR) is 35.4 cm³/mol. The average molecular weight is 150 g/mol. The molecule has 0 fully saturated rings. The van der Waals surface area contributed by atoms with Gasteiger partial charge in [-0.1, -0.05) is 0 Å². The highest BCUT2D eigenvalue weighted by molar-refractivity contribution is 4.61. The van der Waals surface area contributed by atoms with E-state index < -0.39 is 12.1 Å². The van der Waals surface area contributed by atoms with E-state index in [1.54, 1.807) is 0 Å². The van der Waals surface area contributed by atoms with Crippen molar-refractivity contribution in [3.05, 3.63) is 0 Å². The van der Waals surface area contributed by atoms with Gasteiger partial charge in [-0.25, -0.2) is 0 Å². The molecule has 4 heteroatoms. The van der Waals surface area contributed by atoms with Crippen LogP contribution in [0.2, 0.25) is 0 Å². The van der Waals surface area contributed by atoms with Crippen LogP contribution in [0.25, 0.3) is 0 Å². The maximum atomic E-state index is 9.09. The van der Waals surface area contributed by atoms with Gasteiger partial charge in [0.25, 0.3) is 0 Å². The first kappa shape index (κ1) is 9.84. The lowest BCUT2D eigenvalue weighted by Gasteiger charge is -2.30. The zero-order chi connectivity index (χ0) is 8.20. The summed E-state index contributed by atoms with van der Waals surface area (Å²) >= 11 is 0. The zero-order valence-electron chi connectivity index (χ0n) is 6.75. The van der Waals surface area contributed by atoms with Gasteiger partial charge in [0.15, 0.2) is 0 Å². The lowest BCUT2D eigenvalue weighted by molar-refractivity contribution is -0.385. The molecule has 0 spiro atoms. The lowest BCUT2D eigenvalue weighted by Crippen LogP contribution is -2.46. The molecule has 0 saturated heterocycles. The van der Waals surface area contributed by atoms with Crippen molar-refractivity contribution in [2.24, 2.45) is 0 Å². The van der Waals surface area contributed by atoms with Crippen LogP contribution in [0.1, 0.15) is 6.92 Å². The maximum absolute atomic E-state index is 9.09. The second-order valence-corrected chi connectivity index (χ2v) is 1.89. The third-order valence-electron chi connectivity index (χ3n) is 1.37. The van der Waals surface area contributed by atoms with Crippen LogP contribution >= 0.6 is 0 Å². The van der Waals surface area contributed by atoms with Crippen molar-refractivity contribution in [1.29, 1.82) is 0 Å². The average Bonchev–Trinajstić information content (AvgIpc) is 1.92. The Labute approximate surface area is 60.7 Å². The van der Waals surface area contributed by atoms with Crippen molar-refractivity contribution in [2.75, 3.05) is 21.3 Å². The van der Waals surface area contributed by atoms with Crippen molar-refractivity contribution in [3.63, 3.8) is 0 Å². The molecule has 0 amide bonds. The number of methoxy groups -OCH3 is 3. The Bertz CT molecular complexity index is 79.5. The quantitative estimate of drug-likeness (QED) is 0.571. The Kier molecular flexibility index (Phi) is 3.81. The van der Waals surface area contributed by atoms with Crippen LogP contribution in [-0.4, -0.2) is 38.5 Å². The van der Waals surface area contributed by atoms with Gasteiger partial charge in [0.05, 0.1) is 0 Å². The molecule has 0 bridgehead atoms. The molecular weight excluding hydrogens is 136 g/mol. The zero-order valence-corrected chi connectivity index (χ0v) is 6.75. The third-order valence-corrected chi connectivity index (χ3v) is 1.37. The Morgan fingerprint density at radius 2 is 1.40 bits per heavy atom. The summed E-state index contributed by atoms with van der Waals surface area (Å²) in [4.78, 5) is 0. The van der Waals surface area contributed by atoms with Crippen LogP contribution in [0.5, 0.6) is 0 Å². The summed E-state index contributed by atoms with van der Waals surface area (Å²) < 4.78 is 14.4. The molecule has 0 aromatic rings. The van der Waals surface area contributed by atoms with Gasteiger partial charge in [-0.05, 0) is 6.92 Å². The van der Waals surface area contributed by atoms with Crippen molar-refractivity contribution in [3.8, 4) is 0 Å². The first-order chi connectivity index (χ1) is 4.63. The molecule has 0 aliphatic rings. The van der Waals surface area contributed by atoms with E-state index in [0.29, 0.717) is 0 Å². The van der Waals surface area contributed by atoms with E-state index in [2.05, 4.69) is 0 Å². The first-order valence-corrected chi connectivity index (χ1v) is 2.96. The van der Waals surface area contributed by atoms with Gasteiger partial charge in [-0.3, -0.25) is 0 Å². The van der Waals surface area contributed by atoms with E-state index in [9.17, 15) is 0 Å². The fraction of sp³-hybridized carbons (Fsp3) is 1.00. The molecule has 0 aliphatic carbocycles. The molecule has 1 atom stereocenters. The normalized spacial score (nSPS) is 15.3. The largest absolute Gasteiger partial charge is 0.385 e. The van der Waals surface area contributed by atoms with Gasteiger partial charge in [0.1, 0.15) is 6.10 Å². The topological polar surface area (TPSA) is 47.9 Å². The van der Waals surface area contributed by atoms with Crippen LogP contribution in [-0.2, 0) is 14.2 Å². The Morgan fingerprint density at radius 3 is 1.40 bits per heavy atom. The van der Waals surface area contributed by atoms with Gasteiger partial charge >= 0.3 is 5.97 Å². The predicted octanol–water partition coefficient (Wildman–Crippen LogP) is -0.0398. The molecule has 0 rings (SSSR count). The fourth-order valence-electron chi connectivity index (χ4n) is 0.762. The number of hydrogen-bond acceptors (Lipinski definition) is 4. The van der Waals surface area contributed by atoms with Gasteiger partial charge in [-0.2, -0.15) is 0 Å². The summed E-state index contributed by atoms with van der Waals surface area (Å²) in [5.74, 6) is -1.32. The van der Waals surface area contributed by atoms with Crippen molar-refractivity contribution in [1.82, 2.24) is 0 Å². The van der Waals surface area contributed by atoms with Crippen LogP contribution in [0.4, 0.5) is 0 Å². The summed E-state index contributed by atoms with van der Waals surface area (Å²) in [7, 11) is 4.21. The second kappa shape index (κ2) is 3.88.